The van der Waals surface area contributed by atoms with Crippen LogP contribution in [0.25, 0.3) is 10.9 Å². The molecule has 3 unspecified atom stereocenters. The second kappa shape index (κ2) is 13.8. The van der Waals surface area contributed by atoms with Crippen molar-refractivity contribution in [3.8, 4) is 5.75 Å². The molecule has 2 aromatic carbocycles. The van der Waals surface area contributed by atoms with Gasteiger partial charge in [-0.2, -0.15) is 0 Å². The van der Waals surface area contributed by atoms with Crippen LogP contribution in [0.15, 0.2) is 48.6 Å². The monoisotopic (exact) mass is 810 g/mol. The van der Waals surface area contributed by atoms with Gasteiger partial charge in [-0.3, -0.25) is 19.4 Å². The first-order valence-corrected chi connectivity index (χ1v) is 21.2. The van der Waals surface area contributed by atoms with E-state index < -0.39 is 57.5 Å². The number of aliphatic hydroxyl groups is 2. The van der Waals surface area contributed by atoms with E-state index in [4.69, 9.17) is 18.9 Å². The van der Waals surface area contributed by atoms with Gasteiger partial charge in [0.15, 0.2) is 6.10 Å². The standard InChI is InChI=1S/C46H58N4O9/c1-8-42(54)23-28-24-45(40(52)57-6,36-30(15-19-49(25-28)26-42)29-13-10-11-14-33(29)47-36)32-21-31-34(22-35(32)56-5)48(4)38-44(31)17-20-50-18-12-16-43(9-2,37(44)50)39(59-27(3)51)46(38,55)41(53)58-7/h10-14,16,21-22,28,37-39,47,54-55H,8-9,15,17-20,23-26H2,1-7H3/t28-,37+,38?,39-,42?,43-,44-,45+,46+/m1/s1. The van der Waals surface area contributed by atoms with Gasteiger partial charge in [0.05, 0.1) is 33.0 Å². The van der Waals surface area contributed by atoms with Crippen molar-refractivity contribution in [3.63, 3.8) is 0 Å². The molecule has 10 atom stereocenters. The fourth-order valence-electron chi connectivity index (χ4n) is 13.5. The van der Waals surface area contributed by atoms with Gasteiger partial charge >= 0.3 is 17.9 Å². The number of nitrogens with zero attached hydrogens (tertiary/aromatic N) is 3. The van der Waals surface area contributed by atoms with Crippen LogP contribution in [0.4, 0.5) is 5.69 Å². The number of nitrogens with one attached hydrogen (secondary N) is 1. The fraction of sp³-hybridized carbons (Fsp3) is 0.587. The number of hydrogen-bond donors (Lipinski definition) is 3. The van der Waals surface area contributed by atoms with E-state index in [0.717, 1.165) is 33.4 Å². The topological polar surface area (TPSA) is 154 Å². The summed E-state index contributed by atoms with van der Waals surface area (Å²) in [4.78, 5) is 53.2. The van der Waals surface area contributed by atoms with Gasteiger partial charge in [0, 0.05) is 90.9 Å². The number of aromatic nitrogens is 1. The van der Waals surface area contributed by atoms with E-state index in [-0.39, 0.29) is 12.0 Å². The highest BCUT2D eigenvalue weighted by molar-refractivity contribution is 5.95. The van der Waals surface area contributed by atoms with Crippen molar-refractivity contribution in [2.45, 2.75) is 99.5 Å². The van der Waals surface area contributed by atoms with E-state index >= 15 is 4.79 Å². The van der Waals surface area contributed by atoms with Gasteiger partial charge in [-0.25, -0.2) is 4.79 Å². The highest BCUT2D eigenvalue weighted by Gasteiger charge is 2.80. The first kappa shape index (κ1) is 40.0. The zero-order valence-electron chi connectivity index (χ0n) is 35.3. The molecule has 1 aliphatic carbocycles. The second-order valence-electron chi connectivity index (χ2n) is 18.2. The van der Waals surface area contributed by atoms with Crippen LogP contribution in [0.2, 0.25) is 0 Å². The summed E-state index contributed by atoms with van der Waals surface area (Å²) in [5.74, 6) is -1.56. The molecule has 2 bridgehead atoms. The van der Waals surface area contributed by atoms with Crippen molar-refractivity contribution in [2.24, 2.45) is 11.3 Å². The molecule has 1 aromatic heterocycles. The van der Waals surface area contributed by atoms with Crippen LogP contribution in [0.3, 0.4) is 0 Å². The van der Waals surface area contributed by atoms with Crippen molar-refractivity contribution >= 4 is 34.5 Å². The van der Waals surface area contributed by atoms with Gasteiger partial charge in [-0.05, 0) is 74.2 Å². The third-order valence-electron chi connectivity index (χ3n) is 15.6. The van der Waals surface area contributed by atoms with Gasteiger partial charge < -0.3 is 39.0 Å². The Balaban J connectivity index is 1.36. The molecule has 13 nitrogen and oxygen atoms in total. The molecule has 3 fully saturated rings. The van der Waals surface area contributed by atoms with Crippen LogP contribution in [0.1, 0.15) is 75.3 Å². The molecular formula is C46H58N4O9. The van der Waals surface area contributed by atoms with Gasteiger partial charge in [-0.15, -0.1) is 0 Å². The number of fused-ring (bicyclic) bond motifs is 6. The van der Waals surface area contributed by atoms with Crippen LogP contribution in [0, 0.1) is 11.3 Å². The molecule has 0 radical (unpaired) electrons. The first-order valence-electron chi connectivity index (χ1n) is 21.2. The Hall–Kier alpha value is -4.43. The van der Waals surface area contributed by atoms with Crippen LogP contribution >= 0.6 is 0 Å². The minimum atomic E-state index is -2.30. The highest BCUT2D eigenvalue weighted by atomic mass is 16.6. The number of ether oxygens (including phenoxy) is 4. The molecule has 59 heavy (non-hydrogen) atoms. The number of likely N-dealkylation sites (N-methyl/N-ethyl adjacent to an activating group) is 1. The number of benzene rings is 2. The van der Waals surface area contributed by atoms with Gasteiger partial charge in [0.25, 0.3) is 0 Å². The minimum absolute atomic E-state index is 0.0986. The molecule has 0 amide bonds. The van der Waals surface area contributed by atoms with E-state index in [0.29, 0.717) is 82.6 Å². The Bertz CT molecular complexity index is 2260. The van der Waals surface area contributed by atoms with Gasteiger partial charge in [0.2, 0.25) is 5.60 Å². The Morgan fingerprint density at radius 3 is 2.41 bits per heavy atom. The van der Waals surface area contributed by atoms with E-state index in [2.05, 4.69) is 39.1 Å². The molecule has 9 rings (SSSR count). The lowest BCUT2D eigenvalue weighted by atomic mass is 9.47. The number of piperidine rings is 1. The third-order valence-corrected chi connectivity index (χ3v) is 15.6. The van der Waals surface area contributed by atoms with Crippen LogP contribution in [-0.4, -0.2) is 133 Å². The van der Waals surface area contributed by atoms with Crippen LogP contribution in [0.5, 0.6) is 5.75 Å². The SMILES string of the molecule is CCC1(O)C[C@H]2CN(CCc3c([nH]c4ccccc34)[C@@](C(=O)OC)(c3cc4c(cc3OC)N(C)C3[C@]45CCN4CC=C[C@@](CC)([C@@H](OC(C)=O)[C@]3(O)C(=O)OC)[C@H]45)C2)C1. The molecule has 3 N–H and O–H groups in total. The van der Waals surface area contributed by atoms with Crippen LogP contribution in [-0.2, 0) is 45.8 Å². The lowest BCUT2D eigenvalue weighted by Gasteiger charge is -2.63. The largest absolute Gasteiger partial charge is 0.496 e. The summed E-state index contributed by atoms with van der Waals surface area (Å²) in [6.45, 7) is 8.62. The maximum Gasteiger partial charge on any atom is 0.344 e. The Labute approximate surface area is 345 Å². The van der Waals surface area contributed by atoms with E-state index in [9.17, 15) is 19.8 Å². The molecule has 1 saturated carbocycles. The van der Waals surface area contributed by atoms with E-state index in [1.54, 1.807) is 7.11 Å². The summed E-state index contributed by atoms with van der Waals surface area (Å²) in [6.07, 6.45) is 5.94. The number of carbonyl (C=O) groups excluding carboxylic acids is 3. The second-order valence-corrected chi connectivity index (χ2v) is 18.2. The molecule has 6 aliphatic rings. The quantitative estimate of drug-likeness (QED) is 0.180. The number of hydrogen-bond acceptors (Lipinski definition) is 12. The Kier molecular flexibility index (Phi) is 9.36. The number of carbonyl (C=O) groups is 3. The van der Waals surface area contributed by atoms with Crippen molar-refractivity contribution in [1.29, 1.82) is 0 Å². The smallest absolute Gasteiger partial charge is 0.344 e. The third kappa shape index (κ3) is 5.20. The van der Waals surface area contributed by atoms with E-state index in [1.807, 2.05) is 50.1 Å². The summed E-state index contributed by atoms with van der Waals surface area (Å²) in [5.41, 5.74) is -1.62. The first-order chi connectivity index (χ1) is 28.2. The average molecular weight is 811 g/mol. The summed E-state index contributed by atoms with van der Waals surface area (Å²) >= 11 is 0. The number of rotatable bonds is 7. The lowest BCUT2D eigenvalue weighted by molar-refractivity contribution is -0.228. The summed E-state index contributed by atoms with van der Waals surface area (Å²) < 4.78 is 23.9. The molecule has 1 spiro atoms. The normalized spacial score (nSPS) is 37.0. The fourth-order valence-corrected chi connectivity index (χ4v) is 13.5. The molecule has 6 heterocycles. The van der Waals surface area contributed by atoms with Crippen molar-refractivity contribution in [1.82, 2.24) is 14.8 Å². The molecule has 3 aromatic rings. The number of esters is 3. The lowest BCUT2D eigenvalue weighted by Crippen LogP contribution is -2.81. The van der Waals surface area contributed by atoms with E-state index in [1.165, 1.54) is 21.1 Å². The maximum atomic E-state index is 15.3. The van der Waals surface area contributed by atoms with Gasteiger partial charge in [0.1, 0.15) is 11.2 Å². The maximum absolute atomic E-state index is 15.3. The average Bonchev–Trinajstić information content (AvgIpc) is 3.90. The van der Waals surface area contributed by atoms with Gasteiger partial charge in [-0.1, -0.05) is 44.2 Å². The Morgan fingerprint density at radius 1 is 0.949 bits per heavy atom. The predicted octanol–water partition coefficient (Wildman–Crippen LogP) is 3.99. The minimum Gasteiger partial charge on any atom is -0.496 e. The zero-order valence-corrected chi connectivity index (χ0v) is 35.3. The summed E-state index contributed by atoms with van der Waals surface area (Å²) in [6, 6.07) is 11.0. The molecule has 5 aliphatic heterocycles. The molecule has 13 heteroatoms. The van der Waals surface area contributed by atoms with Crippen molar-refractivity contribution < 1.29 is 43.5 Å². The van der Waals surface area contributed by atoms with Crippen LogP contribution < -0.4 is 9.64 Å². The summed E-state index contributed by atoms with van der Waals surface area (Å²) in [7, 11) is 6.15. The summed E-state index contributed by atoms with van der Waals surface area (Å²) in [5, 5.41) is 26.3. The molecule has 2 saturated heterocycles. The Morgan fingerprint density at radius 2 is 1.71 bits per heavy atom. The molecule has 316 valence electrons. The number of methoxy groups -OCH3 is 3. The highest BCUT2D eigenvalue weighted by Crippen LogP contribution is 2.68. The predicted molar refractivity (Wildman–Crippen MR) is 220 cm³/mol. The number of aromatic amines is 1. The van der Waals surface area contributed by atoms with Crippen molar-refractivity contribution in [2.75, 3.05) is 66.0 Å². The molecular weight excluding hydrogens is 753 g/mol. The number of para-hydroxylation sites is 1. The zero-order chi connectivity index (χ0) is 41.9. The van der Waals surface area contributed by atoms with Crippen molar-refractivity contribution in [3.05, 3.63) is 70.9 Å². The number of anilines is 1. The number of H-pyrrole nitrogens is 1.